The molecular weight excluding hydrogens is 955 g/mol. The molecule has 8 aromatic rings. The third kappa shape index (κ3) is 10.5. The van der Waals surface area contributed by atoms with Gasteiger partial charge in [0.05, 0.1) is 40.3 Å². The number of aromatic nitrogens is 4. The van der Waals surface area contributed by atoms with E-state index in [1.54, 1.807) is 56.6 Å². The van der Waals surface area contributed by atoms with E-state index in [2.05, 4.69) is 15.0 Å². The van der Waals surface area contributed by atoms with Crippen LogP contribution in [0.15, 0.2) is 127 Å². The molecule has 5 heterocycles. The first-order valence-corrected chi connectivity index (χ1v) is 25.0. The highest BCUT2D eigenvalue weighted by Crippen LogP contribution is 2.50. The van der Waals surface area contributed by atoms with E-state index >= 15 is 0 Å². The quantitative estimate of drug-likeness (QED) is 0.0842. The smallest absolute Gasteiger partial charge is 0.347 e. The Morgan fingerprint density at radius 1 is 0.900 bits per heavy atom. The molecule has 13 nitrogen and oxygen atoms in total. The van der Waals surface area contributed by atoms with Gasteiger partial charge in [-0.3, -0.25) is 4.18 Å². The third-order valence-electron chi connectivity index (χ3n) is 11.7. The van der Waals surface area contributed by atoms with Crippen molar-refractivity contribution in [3.05, 3.63) is 161 Å². The van der Waals surface area contributed by atoms with Crippen molar-refractivity contribution >= 4 is 49.2 Å². The fourth-order valence-electron chi connectivity index (χ4n) is 8.12. The summed E-state index contributed by atoms with van der Waals surface area (Å²) in [7, 11) is -2.59. The first-order chi connectivity index (χ1) is 33.9. The van der Waals surface area contributed by atoms with Crippen LogP contribution >= 0.6 is 22.9 Å². The summed E-state index contributed by atoms with van der Waals surface area (Å²) >= 11 is 8.56. The van der Waals surface area contributed by atoms with Gasteiger partial charge >= 0.3 is 5.97 Å². The maximum atomic E-state index is 14.4. The van der Waals surface area contributed by atoms with Gasteiger partial charge in [0.1, 0.15) is 53.5 Å². The largest absolute Gasteiger partial charge is 0.496 e. The second-order valence-electron chi connectivity index (χ2n) is 16.4. The van der Waals surface area contributed by atoms with Gasteiger partial charge in [0, 0.05) is 23.1 Å². The normalized spacial score (nSPS) is 14.9. The van der Waals surface area contributed by atoms with Gasteiger partial charge in [-0.05, 0) is 116 Å². The van der Waals surface area contributed by atoms with Crippen molar-refractivity contribution in [2.24, 2.45) is 0 Å². The van der Waals surface area contributed by atoms with Crippen LogP contribution in [0.5, 0.6) is 23.1 Å². The summed E-state index contributed by atoms with van der Waals surface area (Å²) in [5.74, 6) is 0.889. The van der Waals surface area contributed by atoms with Gasteiger partial charge in [0.25, 0.3) is 10.1 Å². The number of carbonyl (C=O) groups is 1. The van der Waals surface area contributed by atoms with Crippen molar-refractivity contribution in [1.29, 1.82) is 0 Å². The molecule has 2 aliphatic rings. The minimum Gasteiger partial charge on any atom is -0.496 e. The molecule has 358 valence electrons. The lowest BCUT2D eigenvalue weighted by molar-refractivity contribution is -0.151. The van der Waals surface area contributed by atoms with Crippen LogP contribution in [-0.4, -0.2) is 66.9 Å². The summed E-state index contributed by atoms with van der Waals surface area (Å²) in [4.78, 5) is 33.9. The van der Waals surface area contributed by atoms with Crippen molar-refractivity contribution in [3.63, 3.8) is 0 Å². The Kier molecular flexibility index (Phi) is 14.4. The Hall–Kier alpha value is -6.98. The number of halogens is 2. The Morgan fingerprint density at radius 2 is 1.70 bits per heavy atom. The fraction of sp³-hybridized carbons (Fsp3) is 0.226. The lowest BCUT2D eigenvalue weighted by atomic mass is 9.96. The number of para-hydroxylation sites is 1. The standard InChI is InChI=1S/C53H46ClFN4O9S2/c1-5-64-53(60)45-27-35-26-33(13-22-42(35)65-28-37-24-25-56-50(59-37)41-8-6-7-9-43(41)63-4)12-18-38(29-66-70(61,62)39-19-10-31(2)11-20-39)67-44-23-21-40(32(3)48(44)54)46-47-51(68-45)57-30-58-52(47)69-49(46)34-14-16-36(55)17-15-34/h6-11,13-17,19-26,30,38,45H,5,12,18,27-29H2,1-4H3/t38-,45+/m0/s1. The summed E-state index contributed by atoms with van der Waals surface area (Å²) in [6.07, 6.45) is 1.60. The predicted molar refractivity (Wildman–Crippen MR) is 265 cm³/mol. The Morgan fingerprint density at radius 3 is 2.49 bits per heavy atom. The van der Waals surface area contributed by atoms with Crippen LogP contribution in [0.3, 0.4) is 0 Å². The first-order valence-electron chi connectivity index (χ1n) is 22.4. The maximum absolute atomic E-state index is 14.4. The molecule has 0 spiro atoms. The van der Waals surface area contributed by atoms with Crippen molar-refractivity contribution < 1.29 is 45.5 Å². The highest BCUT2D eigenvalue weighted by atomic mass is 35.5. The van der Waals surface area contributed by atoms with E-state index in [0.29, 0.717) is 83.7 Å². The average Bonchev–Trinajstić information content (AvgIpc) is 3.76. The SMILES string of the molecule is CCOC(=O)[C@H]1Cc2cc(ccc2OCc2ccnc(-c3ccccc3OC)n2)CC[C@@H](COS(=O)(=O)c2ccc(C)cc2)Oc2ccc(c(C)c2Cl)-c2c(-c3ccc(F)cc3)sc3ncnc(c23)O1. The van der Waals surface area contributed by atoms with Gasteiger partial charge in [-0.1, -0.05) is 71.8 Å². The molecule has 0 saturated carbocycles. The fourth-order valence-corrected chi connectivity index (χ4v) is 10.4. The number of nitrogens with zero attached hydrogens (tertiary/aromatic N) is 4. The van der Waals surface area contributed by atoms with E-state index < -0.39 is 34.1 Å². The molecule has 0 radical (unpaired) electrons. The highest BCUT2D eigenvalue weighted by molar-refractivity contribution is 7.86. The Bertz CT molecular complexity index is 3320. The molecule has 17 heteroatoms. The number of benzene rings is 5. The number of ether oxygens (including phenoxy) is 5. The Labute approximate surface area is 413 Å². The molecule has 2 aliphatic heterocycles. The van der Waals surface area contributed by atoms with E-state index in [9.17, 15) is 17.6 Å². The van der Waals surface area contributed by atoms with Crippen molar-refractivity contribution in [2.75, 3.05) is 20.3 Å². The lowest BCUT2D eigenvalue weighted by Crippen LogP contribution is -2.32. The van der Waals surface area contributed by atoms with E-state index in [1.807, 2.05) is 62.4 Å². The summed E-state index contributed by atoms with van der Waals surface area (Å²) in [6.45, 7) is 5.20. The number of esters is 1. The summed E-state index contributed by atoms with van der Waals surface area (Å²) in [5, 5.41) is 0.759. The number of hydrogen-bond donors (Lipinski definition) is 0. The average molecular weight is 1000 g/mol. The van der Waals surface area contributed by atoms with Crippen LogP contribution in [0.25, 0.3) is 43.2 Å². The second-order valence-corrected chi connectivity index (χ2v) is 19.4. The summed E-state index contributed by atoms with van der Waals surface area (Å²) < 4.78 is 78.1. The maximum Gasteiger partial charge on any atom is 0.347 e. The van der Waals surface area contributed by atoms with Gasteiger partial charge in [0.2, 0.25) is 12.0 Å². The number of carbonyl (C=O) groups excluding carboxylic acids is 1. The van der Waals surface area contributed by atoms with Gasteiger partial charge < -0.3 is 23.7 Å². The second kappa shape index (κ2) is 20.9. The van der Waals surface area contributed by atoms with E-state index in [0.717, 1.165) is 11.1 Å². The summed E-state index contributed by atoms with van der Waals surface area (Å²) in [6, 6.07) is 30.9. The first kappa shape index (κ1) is 48.1. The van der Waals surface area contributed by atoms with Crippen molar-refractivity contribution in [1.82, 2.24) is 19.9 Å². The Balaban J connectivity index is 1.15. The minimum absolute atomic E-state index is 0.0143. The molecule has 5 aromatic carbocycles. The predicted octanol–water partition coefficient (Wildman–Crippen LogP) is 11.1. The molecule has 10 rings (SSSR count). The molecule has 0 amide bonds. The van der Waals surface area contributed by atoms with Gasteiger partial charge in [0.15, 0.2) is 5.82 Å². The lowest BCUT2D eigenvalue weighted by Gasteiger charge is -2.22. The molecule has 3 aromatic heterocycles. The van der Waals surface area contributed by atoms with Crippen LogP contribution in [0.1, 0.15) is 41.3 Å². The zero-order chi connectivity index (χ0) is 48.9. The molecule has 2 atom stereocenters. The van der Waals surface area contributed by atoms with Crippen molar-refractivity contribution in [3.8, 4) is 56.1 Å². The highest BCUT2D eigenvalue weighted by Gasteiger charge is 2.31. The van der Waals surface area contributed by atoms with Gasteiger partial charge in [-0.15, -0.1) is 11.3 Å². The molecule has 0 unspecified atom stereocenters. The topological polar surface area (TPSA) is 158 Å². The van der Waals surface area contributed by atoms with E-state index in [1.165, 1.54) is 41.9 Å². The van der Waals surface area contributed by atoms with Gasteiger partial charge in [-0.2, -0.15) is 8.42 Å². The van der Waals surface area contributed by atoms with Crippen LogP contribution in [0, 0.1) is 19.7 Å². The van der Waals surface area contributed by atoms with Crippen molar-refractivity contribution in [2.45, 2.75) is 63.7 Å². The zero-order valence-corrected chi connectivity index (χ0v) is 40.9. The molecular formula is C53H46ClFN4O9S2. The number of rotatable bonds is 12. The molecule has 0 N–H and O–H groups in total. The zero-order valence-electron chi connectivity index (χ0n) is 38.5. The minimum atomic E-state index is -4.18. The van der Waals surface area contributed by atoms with E-state index in [4.69, 9.17) is 44.5 Å². The number of aryl methyl sites for hydroxylation is 2. The third-order valence-corrected chi connectivity index (χ3v) is 14.6. The molecule has 0 aliphatic carbocycles. The van der Waals surface area contributed by atoms with Crippen LogP contribution in [-0.2, 0) is 43.3 Å². The summed E-state index contributed by atoms with van der Waals surface area (Å²) in [5.41, 5.74) is 6.22. The number of fused-ring (bicyclic) bond motifs is 7. The van der Waals surface area contributed by atoms with Crippen LogP contribution in [0.2, 0.25) is 5.02 Å². The molecule has 0 saturated heterocycles. The molecule has 0 fully saturated rings. The van der Waals surface area contributed by atoms with E-state index in [-0.39, 0.29) is 48.5 Å². The monoisotopic (exact) mass is 1000 g/mol. The molecule has 4 bridgehead atoms. The molecule has 70 heavy (non-hydrogen) atoms. The van der Waals surface area contributed by atoms with Gasteiger partial charge in [-0.25, -0.2) is 29.1 Å². The van der Waals surface area contributed by atoms with Crippen LogP contribution < -0.4 is 18.9 Å². The number of methoxy groups -OCH3 is 1. The number of thiophene rings is 1. The number of hydrogen-bond acceptors (Lipinski definition) is 14. The van der Waals surface area contributed by atoms with Crippen LogP contribution in [0.4, 0.5) is 4.39 Å².